The highest BCUT2D eigenvalue weighted by molar-refractivity contribution is 7.15. The molecule has 0 bridgehead atoms. The van der Waals surface area contributed by atoms with Crippen molar-refractivity contribution in [1.29, 1.82) is 0 Å². The summed E-state index contributed by atoms with van der Waals surface area (Å²) in [5.74, 6) is 0. The molecule has 5 heteroatoms. The van der Waals surface area contributed by atoms with Crippen LogP contribution in [0.25, 0.3) is 28.4 Å². The van der Waals surface area contributed by atoms with Gasteiger partial charge in [0.15, 0.2) is 4.96 Å². The molecule has 0 radical (unpaired) electrons. The molecule has 0 aliphatic carbocycles. The summed E-state index contributed by atoms with van der Waals surface area (Å²) < 4.78 is 1.69. The maximum Gasteiger partial charge on any atom is 0.262 e. The molecule has 0 N–H and O–H groups in total. The van der Waals surface area contributed by atoms with E-state index in [0.717, 1.165) is 16.8 Å². The molecule has 4 nitrogen and oxygen atoms in total. The second-order valence-electron chi connectivity index (χ2n) is 5.65. The van der Waals surface area contributed by atoms with Gasteiger partial charge in [0.1, 0.15) is 0 Å². The molecule has 25 heavy (non-hydrogen) atoms. The van der Waals surface area contributed by atoms with Crippen molar-refractivity contribution in [2.75, 3.05) is 0 Å². The van der Waals surface area contributed by atoms with E-state index in [1.807, 2.05) is 66.9 Å². The van der Waals surface area contributed by atoms with E-state index >= 15 is 0 Å². The minimum Gasteiger partial charge on any atom is -0.269 e. The van der Waals surface area contributed by atoms with E-state index in [1.165, 1.54) is 11.3 Å². The molecule has 0 amide bonds. The van der Waals surface area contributed by atoms with Gasteiger partial charge in [0.25, 0.3) is 5.56 Å². The Morgan fingerprint density at radius 3 is 2.68 bits per heavy atom. The lowest BCUT2D eigenvalue weighted by molar-refractivity contribution is 1.04. The van der Waals surface area contributed by atoms with Gasteiger partial charge in [-0.3, -0.25) is 14.2 Å². The van der Waals surface area contributed by atoms with Crippen LogP contribution >= 0.6 is 11.3 Å². The highest BCUT2D eigenvalue weighted by Crippen LogP contribution is 2.24. The zero-order valence-electron chi connectivity index (χ0n) is 13.6. The number of thiazole rings is 1. The third-order valence-electron chi connectivity index (χ3n) is 4.02. The number of hydrogen-bond acceptors (Lipinski definition) is 4. The van der Waals surface area contributed by atoms with E-state index in [9.17, 15) is 4.79 Å². The summed E-state index contributed by atoms with van der Waals surface area (Å²) >= 11 is 1.47. The van der Waals surface area contributed by atoms with Gasteiger partial charge in [0.05, 0.1) is 11.4 Å². The van der Waals surface area contributed by atoms with Crippen LogP contribution in [0.4, 0.5) is 0 Å². The van der Waals surface area contributed by atoms with E-state index in [-0.39, 0.29) is 5.56 Å². The van der Waals surface area contributed by atoms with Crippen LogP contribution in [0.5, 0.6) is 0 Å². The topological polar surface area (TPSA) is 47.3 Å². The van der Waals surface area contributed by atoms with Crippen LogP contribution in [0.3, 0.4) is 0 Å². The Bertz CT molecular complexity index is 1110. The standard InChI is InChI=1S/C20H15N3OS/c1-14-17(10-9-15-6-5-11-21-12-15)22-20-23(19(14)24)18(13-25-20)16-7-3-2-4-8-16/h2-13H,1H3. The molecule has 0 atom stereocenters. The summed E-state index contributed by atoms with van der Waals surface area (Å²) in [6.07, 6.45) is 7.30. The first-order chi connectivity index (χ1) is 12.2. The zero-order chi connectivity index (χ0) is 17.2. The zero-order valence-corrected chi connectivity index (χ0v) is 14.4. The number of aromatic nitrogens is 3. The molecule has 4 rings (SSSR count). The van der Waals surface area contributed by atoms with Crippen molar-refractivity contribution in [1.82, 2.24) is 14.4 Å². The Hall–Kier alpha value is -3.05. The Morgan fingerprint density at radius 1 is 1.08 bits per heavy atom. The molecule has 0 saturated heterocycles. The Balaban J connectivity index is 1.84. The average molecular weight is 345 g/mol. The summed E-state index contributed by atoms with van der Waals surface area (Å²) in [4.78, 5) is 22.4. The third-order valence-corrected chi connectivity index (χ3v) is 4.85. The monoisotopic (exact) mass is 345 g/mol. The number of benzene rings is 1. The molecule has 0 aliphatic heterocycles. The van der Waals surface area contributed by atoms with Crippen LogP contribution in [-0.2, 0) is 0 Å². The quantitative estimate of drug-likeness (QED) is 0.556. The highest BCUT2D eigenvalue weighted by Gasteiger charge is 2.13. The van der Waals surface area contributed by atoms with Crippen molar-refractivity contribution < 1.29 is 0 Å². The number of nitrogens with zero attached hydrogens (tertiary/aromatic N) is 3. The van der Waals surface area contributed by atoms with Crippen molar-refractivity contribution >= 4 is 28.4 Å². The third kappa shape index (κ3) is 2.90. The second-order valence-corrected chi connectivity index (χ2v) is 6.49. The predicted molar refractivity (Wildman–Crippen MR) is 103 cm³/mol. The molecule has 0 unspecified atom stereocenters. The summed E-state index contributed by atoms with van der Waals surface area (Å²) in [5, 5.41) is 1.98. The molecule has 1 aromatic carbocycles. The Kier molecular flexibility index (Phi) is 3.99. The van der Waals surface area contributed by atoms with Gasteiger partial charge in [-0.1, -0.05) is 42.5 Å². The van der Waals surface area contributed by atoms with Crippen molar-refractivity contribution in [3.63, 3.8) is 0 Å². The maximum atomic E-state index is 12.9. The number of pyridine rings is 1. The van der Waals surface area contributed by atoms with Crippen LogP contribution < -0.4 is 5.56 Å². The first-order valence-corrected chi connectivity index (χ1v) is 8.76. The molecule has 0 aliphatic rings. The molecule has 0 spiro atoms. The molecule has 122 valence electrons. The van der Waals surface area contributed by atoms with Crippen LogP contribution in [0.2, 0.25) is 0 Å². The van der Waals surface area contributed by atoms with Crippen molar-refractivity contribution in [2.24, 2.45) is 0 Å². The molecule has 0 fully saturated rings. The Morgan fingerprint density at radius 2 is 1.92 bits per heavy atom. The first kappa shape index (κ1) is 15.5. The van der Waals surface area contributed by atoms with Gasteiger partial charge in [-0.25, -0.2) is 4.98 Å². The molecule has 4 aromatic rings. The van der Waals surface area contributed by atoms with E-state index < -0.39 is 0 Å². The molecule has 3 aromatic heterocycles. The van der Waals surface area contributed by atoms with E-state index in [2.05, 4.69) is 9.97 Å². The fourth-order valence-corrected chi connectivity index (χ4v) is 3.57. The highest BCUT2D eigenvalue weighted by atomic mass is 32.1. The van der Waals surface area contributed by atoms with Gasteiger partial charge in [-0.05, 0) is 30.2 Å². The lowest BCUT2D eigenvalue weighted by Crippen LogP contribution is -2.18. The van der Waals surface area contributed by atoms with Gasteiger partial charge in [-0.15, -0.1) is 11.3 Å². The van der Waals surface area contributed by atoms with E-state index in [1.54, 1.807) is 16.8 Å². The van der Waals surface area contributed by atoms with Gasteiger partial charge in [0, 0.05) is 23.3 Å². The first-order valence-electron chi connectivity index (χ1n) is 7.88. The number of rotatable bonds is 3. The predicted octanol–water partition coefficient (Wildman–Crippen LogP) is 4.30. The average Bonchev–Trinajstić information content (AvgIpc) is 3.09. The van der Waals surface area contributed by atoms with Crippen molar-refractivity contribution in [3.8, 4) is 11.3 Å². The minimum atomic E-state index is -0.0315. The normalized spacial score (nSPS) is 11.4. The lowest BCUT2D eigenvalue weighted by Gasteiger charge is -2.04. The maximum absolute atomic E-state index is 12.9. The largest absolute Gasteiger partial charge is 0.269 e. The van der Waals surface area contributed by atoms with Crippen LogP contribution in [0.1, 0.15) is 16.8 Å². The second kappa shape index (κ2) is 6.45. The summed E-state index contributed by atoms with van der Waals surface area (Å²) in [7, 11) is 0. The molecule has 0 saturated carbocycles. The Labute approximate surface area is 148 Å². The van der Waals surface area contributed by atoms with E-state index in [4.69, 9.17) is 0 Å². The fourth-order valence-electron chi connectivity index (χ4n) is 2.67. The van der Waals surface area contributed by atoms with Gasteiger partial charge >= 0.3 is 0 Å². The summed E-state index contributed by atoms with van der Waals surface area (Å²) in [6, 6.07) is 13.7. The summed E-state index contributed by atoms with van der Waals surface area (Å²) in [5.41, 5.74) is 4.15. The number of hydrogen-bond donors (Lipinski definition) is 0. The lowest BCUT2D eigenvalue weighted by atomic mass is 10.1. The minimum absolute atomic E-state index is 0.0315. The summed E-state index contributed by atoms with van der Waals surface area (Å²) in [6.45, 7) is 1.82. The fraction of sp³-hybridized carbons (Fsp3) is 0.0500. The number of fused-ring (bicyclic) bond motifs is 1. The van der Waals surface area contributed by atoms with Gasteiger partial charge in [0.2, 0.25) is 0 Å². The van der Waals surface area contributed by atoms with Crippen LogP contribution in [0, 0.1) is 6.92 Å². The van der Waals surface area contributed by atoms with Crippen molar-refractivity contribution in [2.45, 2.75) is 6.92 Å². The van der Waals surface area contributed by atoms with E-state index in [0.29, 0.717) is 16.2 Å². The molecular weight excluding hydrogens is 330 g/mol. The molecule has 3 heterocycles. The SMILES string of the molecule is Cc1c(C=Cc2cccnc2)nc2scc(-c3ccccc3)n2c1=O. The van der Waals surface area contributed by atoms with Crippen LogP contribution in [0.15, 0.2) is 65.0 Å². The smallest absolute Gasteiger partial charge is 0.262 e. The van der Waals surface area contributed by atoms with Gasteiger partial charge < -0.3 is 0 Å². The molecular formula is C20H15N3OS. The van der Waals surface area contributed by atoms with Crippen LogP contribution in [-0.4, -0.2) is 14.4 Å². The van der Waals surface area contributed by atoms with Crippen molar-refractivity contribution in [3.05, 3.63) is 87.4 Å². The van der Waals surface area contributed by atoms with Gasteiger partial charge in [-0.2, -0.15) is 0 Å².